The minimum Gasteiger partial charge on any atom is -0.356 e. The molecule has 0 aromatic carbocycles. The average Bonchev–Trinajstić information content (AvgIpc) is 3.06. The smallest absolute Gasteiger partial charge is 0.274 e. The van der Waals surface area contributed by atoms with Crippen LogP contribution in [-0.2, 0) is 0 Å². The van der Waals surface area contributed by atoms with E-state index >= 15 is 0 Å². The molecule has 150 valence electrons. The highest BCUT2D eigenvalue weighted by Gasteiger charge is 2.33. The molecule has 8 nitrogen and oxygen atoms in total. The third-order valence-electron chi connectivity index (χ3n) is 5.42. The van der Waals surface area contributed by atoms with Crippen molar-refractivity contribution in [2.45, 2.75) is 53.0 Å². The Bertz CT molecular complexity index is 1040. The maximum absolute atomic E-state index is 13.2. The number of carbonyl (C=O) groups excluding carboxylic acids is 1. The standard InChI is InChI=1S/C21H24N6O2/c1-12-9-24-17(11-22-12)21(28)27-8-6-5-7-18(27)19-16(10-23-15(4)25-19)20-13(2)14(3)26-29-20/h9-11,18H,5-8H2,1-4H3. The molecule has 1 atom stereocenters. The number of likely N-dealkylation sites (tertiary alicyclic amines) is 1. The number of hydrogen-bond acceptors (Lipinski definition) is 7. The summed E-state index contributed by atoms with van der Waals surface area (Å²) in [7, 11) is 0. The Kier molecular flexibility index (Phi) is 5.08. The monoisotopic (exact) mass is 392 g/mol. The van der Waals surface area contributed by atoms with E-state index in [9.17, 15) is 4.79 Å². The van der Waals surface area contributed by atoms with Crippen molar-refractivity contribution >= 4 is 5.91 Å². The maximum Gasteiger partial charge on any atom is 0.274 e. The van der Waals surface area contributed by atoms with Gasteiger partial charge in [-0.3, -0.25) is 9.78 Å². The second kappa shape index (κ2) is 7.69. The van der Waals surface area contributed by atoms with E-state index in [1.54, 1.807) is 18.6 Å². The zero-order chi connectivity index (χ0) is 20.5. The van der Waals surface area contributed by atoms with Gasteiger partial charge in [-0.15, -0.1) is 0 Å². The van der Waals surface area contributed by atoms with Crippen LogP contribution in [0.3, 0.4) is 0 Å². The first-order chi connectivity index (χ1) is 14.0. The highest BCUT2D eigenvalue weighted by molar-refractivity contribution is 5.92. The van der Waals surface area contributed by atoms with Crippen LogP contribution >= 0.6 is 0 Å². The number of carbonyl (C=O) groups is 1. The number of nitrogens with zero attached hydrogens (tertiary/aromatic N) is 6. The average molecular weight is 392 g/mol. The molecule has 0 bridgehead atoms. The van der Waals surface area contributed by atoms with Crippen molar-refractivity contribution in [3.63, 3.8) is 0 Å². The van der Waals surface area contributed by atoms with E-state index in [1.807, 2.05) is 32.6 Å². The molecular formula is C21H24N6O2. The van der Waals surface area contributed by atoms with Crippen molar-refractivity contribution in [3.05, 3.63) is 52.8 Å². The van der Waals surface area contributed by atoms with Crippen LogP contribution in [0.1, 0.15) is 64.3 Å². The zero-order valence-corrected chi connectivity index (χ0v) is 17.1. The summed E-state index contributed by atoms with van der Waals surface area (Å²) in [5.74, 6) is 1.19. The largest absolute Gasteiger partial charge is 0.356 e. The summed E-state index contributed by atoms with van der Waals surface area (Å²) in [6, 6.07) is -0.180. The molecule has 1 aliphatic heterocycles. The number of rotatable bonds is 3. The second-order valence-electron chi connectivity index (χ2n) is 7.49. The van der Waals surface area contributed by atoms with Crippen LogP contribution in [0.5, 0.6) is 0 Å². The fraction of sp³-hybridized carbons (Fsp3) is 0.429. The quantitative estimate of drug-likeness (QED) is 0.672. The Hall–Kier alpha value is -3.16. The molecule has 29 heavy (non-hydrogen) atoms. The molecular weight excluding hydrogens is 368 g/mol. The SMILES string of the molecule is Cc1cnc(C(=O)N2CCCCC2c2nc(C)ncc2-c2onc(C)c2C)cn1. The number of aromatic nitrogens is 5. The molecule has 0 radical (unpaired) electrons. The fourth-order valence-electron chi connectivity index (χ4n) is 3.69. The third-order valence-corrected chi connectivity index (χ3v) is 5.42. The Labute approximate surface area is 169 Å². The van der Waals surface area contributed by atoms with E-state index in [0.717, 1.165) is 47.5 Å². The van der Waals surface area contributed by atoms with Crippen molar-refractivity contribution in [3.8, 4) is 11.3 Å². The first kappa shape index (κ1) is 19.2. The predicted octanol–water partition coefficient (Wildman–Crippen LogP) is 3.52. The first-order valence-corrected chi connectivity index (χ1v) is 9.82. The lowest BCUT2D eigenvalue weighted by molar-refractivity contribution is 0.0599. The molecule has 1 saturated heterocycles. The van der Waals surface area contributed by atoms with E-state index in [1.165, 1.54) is 0 Å². The summed E-state index contributed by atoms with van der Waals surface area (Å²) in [6.07, 6.45) is 7.72. The van der Waals surface area contributed by atoms with Gasteiger partial charge in [0, 0.05) is 24.5 Å². The van der Waals surface area contributed by atoms with Crippen LogP contribution in [-0.4, -0.2) is 42.4 Å². The van der Waals surface area contributed by atoms with Crippen LogP contribution in [0.15, 0.2) is 23.1 Å². The van der Waals surface area contributed by atoms with Gasteiger partial charge < -0.3 is 9.42 Å². The van der Waals surface area contributed by atoms with Gasteiger partial charge in [0.2, 0.25) is 0 Å². The molecule has 8 heteroatoms. The van der Waals surface area contributed by atoms with Crippen LogP contribution in [0.4, 0.5) is 0 Å². The third kappa shape index (κ3) is 3.62. The molecule has 1 fully saturated rings. The minimum atomic E-state index is -0.180. The molecule has 1 aliphatic rings. The maximum atomic E-state index is 13.2. The summed E-state index contributed by atoms with van der Waals surface area (Å²) >= 11 is 0. The molecule has 0 spiro atoms. The number of piperidine rings is 1. The molecule has 4 heterocycles. The van der Waals surface area contributed by atoms with E-state index < -0.39 is 0 Å². The second-order valence-corrected chi connectivity index (χ2v) is 7.49. The molecule has 0 saturated carbocycles. The van der Waals surface area contributed by atoms with Gasteiger partial charge in [0.15, 0.2) is 5.76 Å². The van der Waals surface area contributed by atoms with Crippen LogP contribution in [0, 0.1) is 27.7 Å². The summed E-state index contributed by atoms with van der Waals surface area (Å²) in [6.45, 7) is 8.23. The van der Waals surface area contributed by atoms with Crippen molar-refractivity contribution < 1.29 is 9.32 Å². The summed E-state index contributed by atoms with van der Waals surface area (Å²) in [5, 5.41) is 4.08. The first-order valence-electron chi connectivity index (χ1n) is 9.82. The van der Waals surface area contributed by atoms with Gasteiger partial charge in [-0.05, 0) is 47.0 Å². The Morgan fingerprint density at radius 3 is 2.59 bits per heavy atom. The van der Waals surface area contributed by atoms with E-state index in [-0.39, 0.29) is 11.9 Å². The number of hydrogen-bond donors (Lipinski definition) is 0. The highest BCUT2D eigenvalue weighted by Crippen LogP contribution is 2.37. The van der Waals surface area contributed by atoms with Crippen molar-refractivity contribution in [2.75, 3.05) is 6.54 Å². The van der Waals surface area contributed by atoms with Gasteiger partial charge in [-0.1, -0.05) is 5.16 Å². The highest BCUT2D eigenvalue weighted by atomic mass is 16.5. The lowest BCUT2D eigenvalue weighted by atomic mass is 9.94. The number of aryl methyl sites for hydroxylation is 3. The van der Waals surface area contributed by atoms with Crippen LogP contribution < -0.4 is 0 Å². The van der Waals surface area contributed by atoms with Gasteiger partial charge in [0.25, 0.3) is 5.91 Å². The van der Waals surface area contributed by atoms with Crippen molar-refractivity contribution in [1.82, 2.24) is 30.0 Å². The van der Waals surface area contributed by atoms with Crippen molar-refractivity contribution in [2.24, 2.45) is 0 Å². The molecule has 1 unspecified atom stereocenters. The topological polar surface area (TPSA) is 97.9 Å². The molecule has 0 aliphatic carbocycles. The Morgan fingerprint density at radius 2 is 1.90 bits per heavy atom. The van der Waals surface area contributed by atoms with Gasteiger partial charge in [0.05, 0.1) is 34.9 Å². The van der Waals surface area contributed by atoms with E-state index in [0.29, 0.717) is 23.8 Å². The van der Waals surface area contributed by atoms with Crippen molar-refractivity contribution in [1.29, 1.82) is 0 Å². The lowest BCUT2D eigenvalue weighted by Gasteiger charge is -2.35. The predicted molar refractivity (Wildman–Crippen MR) is 106 cm³/mol. The van der Waals surface area contributed by atoms with Gasteiger partial charge in [-0.2, -0.15) is 0 Å². The van der Waals surface area contributed by atoms with Gasteiger partial charge >= 0.3 is 0 Å². The molecule has 1 amide bonds. The van der Waals surface area contributed by atoms with E-state index in [2.05, 4.69) is 20.1 Å². The van der Waals surface area contributed by atoms with Gasteiger partial charge in [-0.25, -0.2) is 15.0 Å². The molecule has 0 N–H and O–H groups in total. The summed E-state index contributed by atoms with van der Waals surface area (Å²) < 4.78 is 5.59. The lowest BCUT2D eigenvalue weighted by Crippen LogP contribution is -2.39. The van der Waals surface area contributed by atoms with Crippen LogP contribution in [0.2, 0.25) is 0 Å². The summed E-state index contributed by atoms with van der Waals surface area (Å²) in [5.41, 5.74) is 4.50. The van der Waals surface area contributed by atoms with Gasteiger partial charge in [0.1, 0.15) is 11.5 Å². The Morgan fingerprint density at radius 1 is 1.07 bits per heavy atom. The zero-order valence-electron chi connectivity index (χ0n) is 17.1. The summed E-state index contributed by atoms with van der Waals surface area (Å²) in [4.78, 5) is 32.7. The van der Waals surface area contributed by atoms with E-state index in [4.69, 9.17) is 9.51 Å². The molecule has 3 aromatic rings. The molecule has 3 aromatic heterocycles. The molecule has 4 rings (SSSR count). The normalized spacial score (nSPS) is 16.8. The Balaban J connectivity index is 1.77. The van der Waals surface area contributed by atoms with Crippen LogP contribution in [0.25, 0.3) is 11.3 Å². The number of amides is 1. The fourth-order valence-corrected chi connectivity index (χ4v) is 3.69. The minimum absolute atomic E-state index is 0.130.